The van der Waals surface area contributed by atoms with Gasteiger partial charge in [0.1, 0.15) is 11.6 Å². The van der Waals surface area contributed by atoms with Crippen molar-refractivity contribution < 1.29 is 4.79 Å². The maximum absolute atomic E-state index is 11.7. The Kier molecular flexibility index (Phi) is 3.87. The lowest BCUT2D eigenvalue weighted by molar-refractivity contribution is -0.118. The lowest BCUT2D eigenvalue weighted by Gasteiger charge is -2.34. The molecule has 2 N–H and O–H groups in total. The second kappa shape index (κ2) is 4.79. The van der Waals surface area contributed by atoms with Crippen molar-refractivity contribution in [2.45, 2.75) is 45.0 Å². The molecule has 4 nitrogen and oxygen atoms in total. The Morgan fingerprint density at radius 3 is 2.69 bits per heavy atom. The zero-order valence-electron chi connectivity index (χ0n) is 10.0. The number of nitrogens with zero attached hydrogens (tertiary/aromatic N) is 1. The van der Waals surface area contributed by atoms with Gasteiger partial charge < -0.3 is 10.6 Å². The van der Waals surface area contributed by atoms with Gasteiger partial charge in [0, 0.05) is 6.04 Å². The molecule has 0 aliphatic carbocycles. The Hall–Kier alpha value is -1.15. The van der Waals surface area contributed by atoms with Crippen LogP contribution in [0.3, 0.4) is 0 Å². The van der Waals surface area contributed by atoms with Gasteiger partial charge in [0.2, 0.25) is 0 Å². The molecular weight excluding hydrogens is 222 g/mol. The Bertz CT molecular complexity index is 370. The molecule has 1 aliphatic heterocycles. The topological polar surface area (TPSA) is 64.9 Å². The molecule has 0 fully saturated rings. The van der Waals surface area contributed by atoms with Gasteiger partial charge in [-0.1, -0.05) is 18.7 Å². The largest absolute Gasteiger partial charge is 0.376 e. The van der Waals surface area contributed by atoms with Crippen LogP contribution in [0.1, 0.15) is 34.1 Å². The third kappa shape index (κ3) is 2.70. The highest BCUT2D eigenvalue weighted by molar-refractivity contribution is 8.04. The van der Waals surface area contributed by atoms with Crippen molar-refractivity contribution >= 4 is 17.7 Å². The van der Waals surface area contributed by atoms with Gasteiger partial charge in [0.15, 0.2) is 0 Å². The number of hydrogen-bond acceptors (Lipinski definition) is 4. The molecular formula is C11H17N3OS. The Balaban J connectivity index is 3.05. The predicted molar refractivity (Wildman–Crippen MR) is 65.3 cm³/mol. The molecule has 0 saturated carbocycles. The van der Waals surface area contributed by atoms with Crippen LogP contribution in [-0.4, -0.2) is 16.8 Å². The minimum absolute atomic E-state index is 0.185. The van der Waals surface area contributed by atoms with Crippen LogP contribution in [0.5, 0.6) is 0 Å². The van der Waals surface area contributed by atoms with Gasteiger partial charge in [-0.15, -0.1) is 0 Å². The first-order valence-corrected chi connectivity index (χ1v) is 6.16. The number of thioether (sulfide) groups is 1. The summed E-state index contributed by atoms with van der Waals surface area (Å²) in [5.41, 5.74) is 0.185. The highest BCUT2D eigenvalue weighted by Crippen LogP contribution is 2.36. The van der Waals surface area contributed by atoms with Crippen LogP contribution >= 0.6 is 11.8 Å². The quantitative estimate of drug-likeness (QED) is 0.787. The average molecular weight is 239 g/mol. The van der Waals surface area contributed by atoms with Crippen molar-refractivity contribution in [3.63, 3.8) is 0 Å². The third-order valence-corrected chi connectivity index (χ3v) is 3.73. The molecule has 0 bridgehead atoms. The lowest BCUT2D eigenvalue weighted by atomic mass is 10.2. The van der Waals surface area contributed by atoms with E-state index in [9.17, 15) is 4.79 Å². The van der Waals surface area contributed by atoms with E-state index in [2.05, 4.69) is 10.6 Å². The summed E-state index contributed by atoms with van der Waals surface area (Å²) in [5.74, 6) is -0.284. The Morgan fingerprint density at radius 1 is 1.62 bits per heavy atom. The summed E-state index contributed by atoms with van der Waals surface area (Å²) in [6.07, 6.45) is 0.811. The molecule has 1 atom stereocenters. The molecule has 0 radical (unpaired) electrons. The fourth-order valence-corrected chi connectivity index (χ4v) is 2.61. The van der Waals surface area contributed by atoms with E-state index in [1.807, 2.05) is 33.8 Å². The van der Waals surface area contributed by atoms with Gasteiger partial charge >= 0.3 is 0 Å². The molecule has 88 valence electrons. The van der Waals surface area contributed by atoms with E-state index in [4.69, 9.17) is 5.26 Å². The summed E-state index contributed by atoms with van der Waals surface area (Å²) in [7, 11) is 0. The van der Waals surface area contributed by atoms with Crippen LogP contribution in [0.4, 0.5) is 0 Å². The van der Waals surface area contributed by atoms with Crippen molar-refractivity contribution in [1.29, 1.82) is 5.26 Å². The number of hydrogen-bond donors (Lipinski definition) is 2. The van der Waals surface area contributed by atoms with E-state index in [0.29, 0.717) is 5.03 Å². The van der Waals surface area contributed by atoms with Gasteiger partial charge in [-0.2, -0.15) is 5.26 Å². The van der Waals surface area contributed by atoms with E-state index in [-0.39, 0.29) is 22.4 Å². The normalized spacial score (nSPS) is 25.4. The van der Waals surface area contributed by atoms with Crippen LogP contribution in [-0.2, 0) is 4.79 Å². The number of nitrogens with one attached hydrogen (secondary N) is 2. The predicted octanol–water partition coefficient (Wildman–Crippen LogP) is 1.71. The van der Waals surface area contributed by atoms with Gasteiger partial charge in [-0.25, -0.2) is 0 Å². The van der Waals surface area contributed by atoms with E-state index < -0.39 is 0 Å². The van der Waals surface area contributed by atoms with Crippen molar-refractivity contribution in [3.8, 4) is 6.07 Å². The minimum atomic E-state index is -0.325. The van der Waals surface area contributed by atoms with Gasteiger partial charge in [0.05, 0.1) is 9.90 Å². The molecule has 16 heavy (non-hydrogen) atoms. The summed E-state index contributed by atoms with van der Waals surface area (Å²) < 4.78 is 0. The zero-order valence-corrected chi connectivity index (χ0v) is 10.9. The minimum Gasteiger partial charge on any atom is -0.376 e. The molecule has 0 saturated heterocycles. The maximum atomic E-state index is 11.7. The number of carbonyl (C=O) groups excluding carboxylic acids is 1. The molecule has 0 spiro atoms. The summed E-state index contributed by atoms with van der Waals surface area (Å²) in [4.78, 5) is 11.4. The Morgan fingerprint density at radius 2 is 2.25 bits per heavy atom. The lowest BCUT2D eigenvalue weighted by Crippen LogP contribution is -2.48. The average Bonchev–Trinajstić information content (AvgIpc) is 2.16. The molecule has 1 amide bonds. The fourth-order valence-electron chi connectivity index (χ4n) is 1.33. The van der Waals surface area contributed by atoms with E-state index in [1.54, 1.807) is 0 Å². The van der Waals surface area contributed by atoms with Crippen LogP contribution in [0.15, 0.2) is 10.6 Å². The van der Waals surface area contributed by atoms with Gasteiger partial charge in [0.25, 0.3) is 5.91 Å². The summed E-state index contributed by atoms with van der Waals surface area (Å²) >= 11 is 1.51. The van der Waals surface area contributed by atoms with E-state index in [0.717, 1.165) is 6.42 Å². The molecule has 1 unspecified atom stereocenters. The molecule has 1 rings (SSSR count). The zero-order chi connectivity index (χ0) is 12.3. The number of rotatable bonds is 3. The van der Waals surface area contributed by atoms with E-state index >= 15 is 0 Å². The number of nitriles is 1. The second-order valence-corrected chi connectivity index (χ2v) is 5.77. The van der Waals surface area contributed by atoms with Crippen molar-refractivity contribution in [3.05, 3.63) is 10.6 Å². The monoisotopic (exact) mass is 239 g/mol. The third-order valence-electron chi connectivity index (χ3n) is 2.37. The van der Waals surface area contributed by atoms with Crippen molar-refractivity contribution in [2.24, 2.45) is 0 Å². The fraction of sp³-hybridized carbons (Fsp3) is 0.636. The van der Waals surface area contributed by atoms with Crippen LogP contribution in [0, 0.1) is 11.3 Å². The van der Waals surface area contributed by atoms with Gasteiger partial charge in [-0.3, -0.25) is 4.79 Å². The maximum Gasteiger partial charge on any atom is 0.265 e. The molecule has 1 aliphatic rings. The van der Waals surface area contributed by atoms with E-state index in [1.165, 1.54) is 11.8 Å². The SMILES string of the molecule is CCC1(C)NC(=O)C(C#N)=C(NC(C)C)S1. The molecule has 0 aromatic rings. The smallest absolute Gasteiger partial charge is 0.265 e. The van der Waals surface area contributed by atoms with Gasteiger partial charge in [-0.05, 0) is 27.2 Å². The molecule has 0 aromatic carbocycles. The summed E-state index contributed by atoms with van der Waals surface area (Å²) in [6.45, 7) is 7.94. The van der Waals surface area contributed by atoms with Crippen LogP contribution < -0.4 is 10.6 Å². The van der Waals surface area contributed by atoms with Crippen molar-refractivity contribution in [1.82, 2.24) is 10.6 Å². The van der Waals surface area contributed by atoms with Crippen LogP contribution in [0.25, 0.3) is 0 Å². The molecule has 0 aromatic heterocycles. The number of amides is 1. The highest BCUT2D eigenvalue weighted by atomic mass is 32.2. The summed E-state index contributed by atoms with van der Waals surface area (Å²) in [6, 6.07) is 2.16. The molecule has 1 heterocycles. The first-order valence-electron chi connectivity index (χ1n) is 5.34. The van der Waals surface area contributed by atoms with Crippen LogP contribution in [0.2, 0.25) is 0 Å². The Labute approximate surface area is 100 Å². The molecule has 5 heteroatoms. The summed E-state index contributed by atoms with van der Waals surface area (Å²) in [5, 5.41) is 15.7. The second-order valence-electron chi connectivity index (χ2n) is 4.26. The highest BCUT2D eigenvalue weighted by Gasteiger charge is 2.35. The van der Waals surface area contributed by atoms with Crippen molar-refractivity contribution in [2.75, 3.05) is 0 Å². The standard InChI is InChI=1S/C11H17N3OS/c1-5-11(4)14-9(15)8(6-12)10(16-11)13-7(2)3/h7,13H,5H2,1-4H3,(H,14,15). The first-order chi connectivity index (χ1) is 7.41. The number of carbonyl (C=O) groups is 1. The first kappa shape index (κ1) is 12.9.